The minimum Gasteiger partial charge on any atom is -0.353 e. The Balaban J connectivity index is 2.03. The van der Waals surface area contributed by atoms with Gasteiger partial charge in [-0.3, -0.25) is 0 Å². The highest BCUT2D eigenvalue weighted by atomic mass is 15.1. The zero-order chi connectivity index (χ0) is 12.8. The standard InChI is InChI=1S/C14H20N4/c15-5-11-17-7-1-13(2-8-17)14-3-9-18(10-4-14)12-6-16/h1-4,7-10H,5-6,11-12,15-16H2. The predicted molar refractivity (Wildman–Crippen MR) is 75.1 cm³/mol. The van der Waals surface area contributed by atoms with Gasteiger partial charge >= 0.3 is 0 Å². The number of nitrogens with two attached hydrogens (primary N) is 2. The van der Waals surface area contributed by atoms with Gasteiger partial charge in [0.05, 0.1) is 0 Å². The van der Waals surface area contributed by atoms with Crippen LogP contribution in [0.4, 0.5) is 0 Å². The third-order valence-electron chi connectivity index (χ3n) is 2.89. The Morgan fingerprint density at radius 1 is 0.667 bits per heavy atom. The maximum absolute atomic E-state index is 5.52. The lowest BCUT2D eigenvalue weighted by atomic mass is 10.0. The highest BCUT2D eigenvalue weighted by Crippen LogP contribution is 2.19. The summed E-state index contributed by atoms with van der Waals surface area (Å²) in [4.78, 5) is 4.17. The zero-order valence-corrected chi connectivity index (χ0v) is 10.5. The number of rotatable bonds is 4. The van der Waals surface area contributed by atoms with E-state index in [0.717, 1.165) is 13.1 Å². The highest BCUT2D eigenvalue weighted by Gasteiger charge is 2.05. The van der Waals surface area contributed by atoms with Crippen molar-refractivity contribution >= 4 is 0 Å². The molecule has 18 heavy (non-hydrogen) atoms. The average Bonchev–Trinajstić information content (AvgIpc) is 2.41. The summed E-state index contributed by atoms with van der Waals surface area (Å²) in [7, 11) is 0. The summed E-state index contributed by atoms with van der Waals surface area (Å²) in [6.45, 7) is 3.03. The Bertz CT molecular complexity index is 357. The first kappa shape index (κ1) is 12.7. The summed E-state index contributed by atoms with van der Waals surface area (Å²) in [6, 6.07) is 0. The van der Waals surface area contributed by atoms with Crippen molar-refractivity contribution in [1.29, 1.82) is 0 Å². The molecule has 0 aromatic rings. The van der Waals surface area contributed by atoms with Gasteiger partial charge in [-0.05, 0) is 35.5 Å². The van der Waals surface area contributed by atoms with Crippen LogP contribution in [0.2, 0.25) is 0 Å². The molecule has 0 bridgehead atoms. The molecule has 0 fully saturated rings. The monoisotopic (exact) mass is 244 g/mol. The van der Waals surface area contributed by atoms with Crippen LogP contribution in [-0.4, -0.2) is 36.0 Å². The molecule has 4 nitrogen and oxygen atoms in total. The Morgan fingerprint density at radius 2 is 1.00 bits per heavy atom. The molecule has 0 amide bonds. The average molecular weight is 244 g/mol. The summed E-state index contributed by atoms with van der Waals surface area (Å²) < 4.78 is 0. The summed E-state index contributed by atoms with van der Waals surface area (Å²) in [5.74, 6) is 0. The van der Waals surface area contributed by atoms with E-state index >= 15 is 0 Å². The van der Waals surface area contributed by atoms with Crippen LogP contribution in [0.3, 0.4) is 0 Å². The molecule has 0 radical (unpaired) electrons. The number of hydrogen-bond donors (Lipinski definition) is 2. The van der Waals surface area contributed by atoms with Gasteiger partial charge in [0.15, 0.2) is 0 Å². The Kier molecular flexibility index (Phi) is 4.39. The van der Waals surface area contributed by atoms with Gasteiger partial charge in [-0.1, -0.05) is 0 Å². The fourth-order valence-corrected chi connectivity index (χ4v) is 1.90. The van der Waals surface area contributed by atoms with Crippen LogP contribution in [0, 0.1) is 0 Å². The van der Waals surface area contributed by atoms with Gasteiger partial charge in [0, 0.05) is 51.0 Å². The van der Waals surface area contributed by atoms with Crippen molar-refractivity contribution in [3.8, 4) is 0 Å². The second kappa shape index (κ2) is 6.23. The molecule has 2 aliphatic rings. The minimum atomic E-state index is 0.661. The van der Waals surface area contributed by atoms with Crippen molar-refractivity contribution in [2.45, 2.75) is 0 Å². The first-order chi connectivity index (χ1) is 8.83. The van der Waals surface area contributed by atoms with E-state index in [1.807, 2.05) is 0 Å². The first-order valence-electron chi connectivity index (χ1n) is 6.22. The number of allylic oxidation sites excluding steroid dienone is 6. The quantitative estimate of drug-likeness (QED) is 0.771. The summed E-state index contributed by atoms with van der Waals surface area (Å²) in [5, 5.41) is 0. The summed E-state index contributed by atoms with van der Waals surface area (Å²) >= 11 is 0. The van der Waals surface area contributed by atoms with Crippen LogP contribution in [0.15, 0.2) is 60.3 Å². The van der Waals surface area contributed by atoms with E-state index in [9.17, 15) is 0 Å². The lowest BCUT2D eigenvalue weighted by molar-refractivity contribution is 0.510. The maximum atomic E-state index is 5.52. The van der Waals surface area contributed by atoms with Crippen molar-refractivity contribution in [3.05, 3.63) is 60.3 Å². The predicted octanol–water partition coefficient (Wildman–Crippen LogP) is 0.886. The molecule has 4 N–H and O–H groups in total. The molecular formula is C14H20N4. The smallest absolute Gasteiger partial charge is 0.0342 e. The Morgan fingerprint density at radius 3 is 1.28 bits per heavy atom. The van der Waals surface area contributed by atoms with E-state index in [2.05, 4.69) is 58.9 Å². The lowest BCUT2D eigenvalue weighted by Gasteiger charge is -2.21. The molecule has 0 unspecified atom stereocenters. The summed E-state index contributed by atoms with van der Waals surface area (Å²) in [5.41, 5.74) is 13.5. The first-order valence-corrected chi connectivity index (χ1v) is 6.22. The molecule has 2 rings (SSSR count). The second-order valence-electron chi connectivity index (χ2n) is 4.23. The van der Waals surface area contributed by atoms with Crippen molar-refractivity contribution in [3.63, 3.8) is 0 Å². The van der Waals surface area contributed by atoms with Crippen molar-refractivity contribution in [1.82, 2.24) is 9.80 Å². The van der Waals surface area contributed by atoms with Gasteiger partial charge in [0.25, 0.3) is 0 Å². The van der Waals surface area contributed by atoms with Crippen LogP contribution in [0.5, 0.6) is 0 Å². The van der Waals surface area contributed by atoms with Gasteiger partial charge in [0.2, 0.25) is 0 Å². The van der Waals surface area contributed by atoms with Gasteiger partial charge in [0.1, 0.15) is 0 Å². The highest BCUT2D eigenvalue weighted by molar-refractivity contribution is 5.48. The van der Waals surface area contributed by atoms with Crippen LogP contribution < -0.4 is 11.5 Å². The van der Waals surface area contributed by atoms with Crippen LogP contribution in [-0.2, 0) is 0 Å². The van der Waals surface area contributed by atoms with Gasteiger partial charge in [-0.15, -0.1) is 0 Å². The molecule has 2 heterocycles. The largest absolute Gasteiger partial charge is 0.353 e. The van der Waals surface area contributed by atoms with Crippen molar-refractivity contribution < 1.29 is 0 Å². The van der Waals surface area contributed by atoms with E-state index in [-0.39, 0.29) is 0 Å². The molecular weight excluding hydrogens is 224 g/mol. The van der Waals surface area contributed by atoms with E-state index < -0.39 is 0 Å². The third kappa shape index (κ3) is 3.12. The van der Waals surface area contributed by atoms with Gasteiger partial charge in [-0.2, -0.15) is 0 Å². The lowest BCUT2D eigenvalue weighted by Crippen LogP contribution is -2.21. The van der Waals surface area contributed by atoms with Crippen LogP contribution in [0.1, 0.15) is 0 Å². The Labute approximate surface area is 108 Å². The molecule has 2 aliphatic heterocycles. The van der Waals surface area contributed by atoms with Gasteiger partial charge in [-0.25, -0.2) is 0 Å². The molecule has 0 saturated heterocycles. The Hall–Kier alpha value is -1.78. The van der Waals surface area contributed by atoms with E-state index in [0.29, 0.717) is 13.1 Å². The molecule has 0 aromatic heterocycles. The number of hydrogen-bond acceptors (Lipinski definition) is 4. The molecule has 0 aliphatic carbocycles. The molecule has 0 atom stereocenters. The fraction of sp³-hybridized carbons (Fsp3) is 0.286. The minimum absolute atomic E-state index is 0.661. The molecule has 0 spiro atoms. The molecule has 0 saturated carbocycles. The van der Waals surface area contributed by atoms with E-state index in [1.165, 1.54) is 11.1 Å². The second-order valence-corrected chi connectivity index (χ2v) is 4.23. The maximum Gasteiger partial charge on any atom is 0.0342 e. The molecule has 96 valence electrons. The molecule has 4 heteroatoms. The van der Waals surface area contributed by atoms with Crippen molar-refractivity contribution in [2.75, 3.05) is 26.2 Å². The normalized spacial score (nSPS) is 18.1. The van der Waals surface area contributed by atoms with Crippen LogP contribution in [0.25, 0.3) is 0 Å². The fourth-order valence-electron chi connectivity index (χ4n) is 1.90. The van der Waals surface area contributed by atoms with E-state index in [4.69, 9.17) is 11.5 Å². The third-order valence-corrected chi connectivity index (χ3v) is 2.89. The van der Waals surface area contributed by atoms with Crippen LogP contribution >= 0.6 is 0 Å². The number of nitrogens with zero attached hydrogens (tertiary/aromatic N) is 2. The van der Waals surface area contributed by atoms with Gasteiger partial charge < -0.3 is 21.3 Å². The zero-order valence-electron chi connectivity index (χ0n) is 10.5. The topological polar surface area (TPSA) is 58.5 Å². The summed E-state index contributed by atoms with van der Waals surface area (Å²) in [6.07, 6.45) is 16.7. The van der Waals surface area contributed by atoms with E-state index in [1.54, 1.807) is 0 Å². The van der Waals surface area contributed by atoms with Crippen molar-refractivity contribution in [2.24, 2.45) is 11.5 Å². The molecule has 0 aromatic carbocycles. The SMILES string of the molecule is NCCN1C=CC(=C2C=CN(CCN)C=C2)C=C1.